The molecule has 0 aromatic heterocycles. The molecule has 20 heavy (non-hydrogen) atoms. The quantitative estimate of drug-likeness (QED) is 0.739. The van der Waals surface area contributed by atoms with Gasteiger partial charge in [0.1, 0.15) is 24.7 Å². The van der Waals surface area contributed by atoms with Crippen molar-refractivity contribution in [1.29, 1.82) is 0 Å². The third-order valence-corrected chi connectivity index (χ3v) is 3.98. The molecule has 2 N–H and O–H groups in total. The largest absolute Gasteiger partial charge is 0.488 e. The summed E-state index contributed by atoms with van der Waals surface area (Å²) in [5.74, 6) is 1.17. The van der Waals surface area contributed by atoms with Crippen molar-refractivity contribution in [3.8, 4) is 5.75 Å². The Morgan fingerprint density at radius 2 is 1.95 bits per heavy atom. The van der Waals surface area contributed by atoms with Crippen molar-refractivity contribution in [2.24, 2.45) is 0 Å². The zero-order chi connectivity index (χ0) is 14.2. The zero-order valence-electron chi connectivity index (χ0n) is 12.4. The lowest BCUT2D eigenvalue weighted by Crippen LogP contribution is -2.90. The average molecular weight is 276 g/mol. The summed E-state index contributed by atoms with van der Waals surface area (Å²) in [6.07, 6.45) is 6.96. The number of hydrogen-bond acceptors (Lipinski definition) is 2. The van der Waals surface area contributed by atoms with Crippen LogP contribution in [0.4, 0.5) is 0 Å². The Balaban J connectivity index is 1.64. The fourth-order valence-electron chi connectivity index (χ4n) is 2.75. The van der Waals surface area contributed by atoms with Crippen molar-refractivity contribution >= 4 is 5.78 Å². The molecule has 3 heteroatoms. The van der Waals surface area contributed by atoms with Gasteiger partial charge in [-0.15, -0.1) is 0 Å². The van der Waals surface area contributed by atoms with Crippen LogP contribution < -0.4 is 10.1 Å². The Bertz CT molecular complexity index is 408. The minimum atomic E-state index is 0.243. The summed E-state index contributed by atoms with van der Waals surface area (Å²) in [4.78, 5) is 10.9. The lowest BCUT2D eigenvalue weighted by atomic mass is 10.1. The third-order valence-electron chi connectivity index (χ3n) is 3.98. The number of ether oxygens (including phenoxy) is 1. The third kappa shape index (κ3) is 5.33. The van der Waals surface area contributed by atoms with E-state index in [2.05, 4.69) is 17.4 Å². The van der Waals surface area contributed by atoms with E-state index in [4.69, 9.17) is 4.74 Å². The van der Waals surface area contributed by atoms with Crippen molar-refractivity contribution in [3.63, 3.8) is 0 Å². The molecule has 1 fully saturated rings. The summed E-state index contributed by atoms with van der Waals surface area (Å²) in [7, 11) is 0. The molecule has 1 aromatic rings. The summed E-state index contributed by atoms with van der Waals surface area (Å²) in [5, 5.41) is 2.42. The summed E-state index contributed by atoms with van der Waals surface area (Å²) in [5.41, 5.74) is 1.20. The van der Waals surface area contributed by atoms with Crippen LogP contribution in [0.5, 0.6) is 5.75 Å². The first-order valence-electron chi connectivity index (χ1n) is 7.78. The molecule has 1 aliphatic carbocycles. The number of benzene rings is 1. The van der Waals surface area contributed by atoms with Gasteiger partial charge in [-0.25, -0.2) is 0 Å². The molecule has 0 spiro atoms. The number of rotatable bonds is 8. The lowest BCUT2D eigenvalue weighted by Gasteiger charge is -2.10. The molecule has 3 nitrogen and oxygen atoms in total. The number of ketones is 1. The molecule has 1 aromatic carbocycles. The van der Waals surface area contributed by atoms with E-state index in [1.165, 1.54) is 31.2 Å². The molecule has 0 radical (unpaired) electrons. The molecule has 0 heterocycles. The molecule has 0 aliphatic heterocycles. The van der Waals surface area contributed by atoms with Crippen LogP contribution in [-0.2, 0) is 11.2 Å². The number of nitrogens with two attached hydrogens (primary N) is 1. The van der Waals surface area contributed by atoms with Gasteiger partial charge in [0.15, 0.2) is 0 Å². The standard InChI is InChI=1S/C17H25NO2/c1-14(19)6-7-15-8-10-17(11-9-15)20-13-12-18-16-4-2-3-5-16/h8-11,16,18H,2-7,12-13H2,1H3/p+1. The normalized spacial score (nSPS) is 15.4. The molecule has 0 amide bonds. The molecule has 2 rings (SSSR count). The number of quaternary nitrogens is 1. The predicted octanol–water partition coefficient (Wildman–Crippen LogP) is 2.09. The highest BCUT2D eigenvalue weighted by molar-refractivity contribution is 5.75. The fraction of sp³-hybridized carbons (Fsp3) is 0.588. The maximum atomic E-state index is 10.9. The van der Waals surface area contributed by atoms with Crippen LogP contribution in [0.2, 0.25) is 0 Å². The van der Waals surface area contributed by atoms with Gasteiger partial charge in [-0.3, -0.25) is 0 Å². The monoisotopic (exact) mass is 276 g/mol. The zero-order valence-corrected chi connectivity index (χ0v) is 12.4. The first-order valence-corrected chi connectivity index (χ1v) is 7.78. The first kappa shape index (κ1) is 15.0. The molecular formula is C17H26NO2+. The van der Waals surface area contributed by atoms with Gasteiger partial charge in [0, 0.05) is 6.42 Å². The molecule has 1 aliphatic rings. The summed E-state index contributed by atoms with van der Waals surface area (Å²) in [6.45, 7) is 3.44. The Kier molecular flexibility index (Phi) is 6.06. The number of hydrogen-bond donors (Lipinski definition) is 1. The summed E-state index contributed by atoms with van der Waals surface area (Å²) in [6, 6.07) is 8.95. The molecule has 0 saturated heterocycles. The topological polar surface area (TPSA) is 42.9 Å². The first-order chi connectivity index (χ1) is 9.74. The fourth-order valence-corrected chi connectivity index (χ4v) is 2.75. The van der Waals surface area contributed by atoms with E-state index in [9.17, 15) is 4.79 Å². The second kappa shape index (κ2) is 8.05. The number of carbonyl (C=O) groups excluding carboxylic acids is 1. The second-order valence-corrected chi connectivity index (χ2v) is 5.76. The van der Waals surface area contributed by atoms with E-state index in [0.29, 0.717) is 6.42 Å². The van der Waals surface area contributed by atoms with Gasteiger partial charge >= 0.3 is 0 Å². The second-order valence-electron chi connectivity index (χ2n) is 5.76. The Morgan fingerprint density at radius 1 is 1.25 bits per heavy atom. The number of carbonyl (C=O) groups is 1. The highest BCUT2D eigenvalue weighted by atomic mass is 16.5. The smallest absolute Gasteiger partial charge is 0.137 e. The Morgan fingerprint density at radius 3 is 2.60 bits per heavy atom. The molecule has 1 saturated carbocycles. The maximum absolute atomic E-state index is 10.9. The highest BCUT2D eigenvalue weighted by Gasteiger charge is 2.16. The SMILES string of the molecule is CC(=O)CCc1ccc(OCC[NH2+]C2CCCC2)cc1. The van der Waals surface area contributed by atoms with Crippen LogP contribution in [0.25, 0.3) is 0 Å². The van der Waals surface area contributed by atoms with Gasteiger partial charge in [0.05, 0.1) is 6.04 Å². The van der Waals surface area contributed by atoms with Crippen LogP contribution in [0.3, 0.4) is 0 Å². The van der Waals surface area contributed by atoms with Crippen LogP contribution in [-0.4, -0.2) is 25.0 Å². The summed E-state index contributed by atoms with van der Waals surface area (Å²) < 4.78 is 5.75. The molecular weight excluding hydrogens is 250 g/mol. The van der Waals surface area contributed by atoms with Crippen LogP contribution in [0.15, 0.2) is 24.3 Å². The van der Waals surface area contributed by atoms with Gasteiger partial charge in [0.25, 0.3) is 0 Å². The van der Waals surface area contributed by atoms with E-state index in [1.807, 2.05) is 12.1 Å². The maximum Gasteiger partial charge on any atom is 0.137 e. The highest BCUT2D eigenvalue weighted by Crippen LogP contribution is 2.15. The van der Waals surface area contributed by atoms with E-state index >= 15 is 0 Å². The molecule has 110 valence electrons. The lowest BCUT2D eigenvalue weighted by molar-refractivity contribution is -0.688. The minimum absolute atomic E-state index is 0.243. The molecule has 0 unspecified atom stereocenters. The van der Waals surface area contributed by atoms with Crippen molar-refractivity contribution < 1.29 is 14.8 Å². The van der Waals surface area contributed by atoms with Crippen LogP contribution in [0, 0.1) is 0 Å². The van der Waals surface area contributed by atoms with E-state index in [-0.39, 0.29) is 5.78 Å². The van der Waals surface area contributed by atoms with Crippen molar-refractivity contribution in [1.82, 2.24) is 0 Å². The summed E-state index contributed by atoms with van der Waals surface area (Å²) >= 11 is 0. The van der Waals surface area contributed by atoms with E-state index in [1.54, 1.807) is 6.92 Å². The van der Waals surface area contributed by atoms with Crippen molar-refractivity contribution in [2.75, 3.05) is 13.2 Å². The van der Waals surface area contributed by atoms with Gasteiger partial charge in [-0.05, 0) is 56.7 Å². The van der Waals surface area contributed by atoms with Gasteiger partial charge in [0.2, 0.25) is 0 Å². The van der Waals surface area contributed by atoms with Gasteiger partial charge in [-0.2, -0.15) is 0 Å². The van der Waals surface area contributed by atoms with E-state index in [0.717, 1.165) is 31.4 Å². The molecule has 0 bridgehead atoms. The van der Waals surface area contributed by atoms with Gasteiger partial charge < -0.3 is 14.8 Å². The van der Waals surface area contributed by atoms with Crippen LogP contribution >= 0.6 is 0 Å². The number of aryl methyl sites for hydroxylation is 1. The average Bonchev–Trinajstić information content (AvgIpc) is 2.96. The van der Waals surface area contributed by atoms with Crippen molar-refractivity contribution in [3.05, 3.63) is 29.8 Å². The van der Waals surface area contributed by atoms with E-state index < -0.39 is 0 Å². The Hall–Kier alpha value is -1.35. The van der Waals surface area contributed by atoms with Gasteiger partial charge in [-0.1, -0.05) is 12.1 Å². The molecule has 0 atom stereocenters. The number of Topliss-reactive ketones (excluding diaryl/α,β-unsaturated/α-hetero) is 1. The van der Waals surface area contributed by atoms with Crippen LogP contribution in [0.1, 0.15) is 44.6 Å². The van der Waals surface area contributed by atoms with Crippen molar-refractivity contribution in [2.45, 2.75) is 51.5 Å². The minimum Gasteiger partial charge on any atom is -0.488 e. The Labute approximate surface area is 121 Å². The predicted molar refractivity (Wildman–Crippen MR) is 80.0 cm³/mol.